The molecule has 20 heavy (non-hydrogen) atoms. The summed E-state index contributed by atoms with van der Waals surface area (Å²) in [5, 5.41) is 5.12. The fourth-order valence-corrected chi connectivity index (χ4v) is 3.13. The fourth-order valence-electron chi connectivity index (χ4n) is 2.38. The van der Waals surface area contributed by atoms with Gasteiger partial charge in [0, 0.05) is 37.0 Å². The second-order valence-corrected chi connectivity index (χ2v) is 6.27. The Hall–Kier alpha value is -0.910. The first-order valence-electron chi connectivity index (χ1n) is 7.36. The number of aryl methyl sites for hydroxylation is 1. The van der Waals surface area contributed by atoms with Gasteiger partial charge in [-0.1, -0.05) is 6.07 Å². The Labute approximate surface area is 125 Å². The monoisotopic (exact) mass is 296 g/mol. The molecule has 1 aliphatic heterocycles. The second kappa shape index (κ2) is 8.39. The van der Waals surface area contributed by atoms with Crippen molar-refractivity contribution in [1.82, 2.24) is 10.2 Å². The van der Waals surface area contributed by atoms with Gasteiger partial charge in [0.2, 0.25) is 5.91 Å². The van der Waals surface area contributed by atoms with Crippen LogP contribution in [-0.4, -0.2) is 49.7 Å². The lowest BCUT2D eigenvalue weighted by Crippen LogP contribution is -2.47. The first-order chi connectivity index (χ1) is 9.75. The Balaban J connectivity index is 1.57. The van der Waals surface area contributed by atoms with Gasteiger partial charge >= 0.3 is 0 Å². The summed E-state index contributed by atoms with van der Waals surface area (Å²) >= 11 is 1.76. The molecule has 1 fully saturated rings. The van der Waals surface area contributed by atoms with E-state index in [1.54, 1.807) is 11.3 Å². The van der Waals surface area contributed by atoms with Gasteiger partial charge in [0.25, 0.3) is 0 Å². The Kier molecular flexibility index (Phi) is 6.50. The van der Waals surface area contributed by atoms with E-state index in [9.17, 15) is 4.79 Å². The first-order valence-corrected chi connectivity index (χ1v) is 8.24. The predicted molar refractivity (Wildman–Crippen MR) is 82.1 cm³/mol. The van der Waals surface area contributed by atoms with Crippen LogP contribution >= 0.6 is 11.3 Å². The summed E-state index contributed by atoms with van der Waals surface area (Å²) in [4.78, 5) is 15.5. The SMILES string of the molecule is CC(CNC(=O)CCCc1cccs1)N1CCOCC1. The maximum absolute atomic E-state index is 11.8. The summed E-state index contributed by atoms with van der Waals surface area (Å²) in [7, 11) is 0. The van der Waals surface area contributed by atoms with Crippen molar-refractivity contribution in [1.29, 1.82) is 0 Å². The molecule has 2 rings (SSSR count). The van der Waals surface area contributed by atoms with E-state index < -0.39 is 0 Å². The van der Waals surface area contributed by atoms with Gasteiger partial charge in [0.05, 0.1) is 13.2 Å². The summed E-state index contributed by atoms with van der Waals surface area (Å²) in [6.07, 6.45) is 2.55. The number of hydrogen-bond donors (Lipinski definition) is 1. The molecule has 4 nitrogen and oxygen atoms in total. The number of rotatable bonds is 7. The minimum atomic E-state index is 0.168. The molecular formula is C15H24N2O2S. The van der Waals surface area contributed by atoms with Crippen molar-refractivity contribution in [3.05, 3.63) is 22.4 Å². The van der Waals surface area contributed by atoms with E-state index in [2.05, 4.69) is 34.7 Å². The highest BCUT2D eigenvalue weighted by atomic mass is 32.1. The normalized spacial score (nSPS) is 17.9. The van der Waals surface area contributed by atoms with Crippen LogP contribution in [0, 0.1) is 0 Å². The molecular weight excluding hydrogens is 272 g/mol. The molecule has 1 amide bonds. The van der Waals surface area contributed by atoms with Crippen molar-refractivity contribution < 1.29 is 9.53 Å². The molecule has 0 aliphatic carbocycles. The lowest BCUT2D eigenvalue weighted by Gasteiger charge is -2.32. The van der Waals surface area contributed by atoms with Gasteiger partial charge in [0.15, 0.2) is 0 Å². The second-order valence-electron chi connectivity index (χ2n) is 5.23. The highest BCUT2D eigenvalue weighted by molar-refractivity contribution is 7.09. The molecule has 1 N–H and O–H groups in total. The lowest BCUT2D eigenvalue weighted by atomic mass is 10.2. The predicted octanol–water partition coefficient (Wildman–Crippen LogP) is 1.91. The molecule has 0 bridgehead atoms. The molecule has 0 spiro atoms. The summed E-state index contributed by atoms with van der Waals surface area (Å²) in [6.45, 7) is 6.44. The summed E-state index contributed by atoms with van der Waals surface area (Å²) in [5.74, 6) is 0.168. The van der Waals surface area contributed by atoms with E-state index in [1.807, 2.05) is 0 Å². The number of ether oxygens (including phenoxy) is 1. The van der Waals surface area contributed by atoms with Gasteiger partial charge in [-0.3, -0.25) is 9.69 Å². The number of thiophene rings is 1. The molecule has 1 saturated heterocycles. The van der Waals surface area contributed by atoms with E-state index in [1.165, 1.54) is 4.88 Å². The average molecular weight is 296 g/mol. The van der Waals surface area contributed by atoms with Crippen LogP contribution in [0.15, 0.2) is 17.5 Å². The summed E-state index contributed by atoms with van der Waals surface area (Å²) < 4.78 is 5.34. The number of hydrogen-bond acceptors (Lipinski definition) is 4. The van der Waals surface area contributed by atoms with Crippen molar-refractivity contribution in [2.24, 2.45) is 0 Å². The Morgan fingerprint density at radius 1 is 1.50 bits per heavy atom. The number of morpholine rings is 1. The van der Waals surface area contributed by atoms with E-state index in [-0.39, 0.29) is 5.91 Å². The Morgan fingerprint density at radius 3 is 3.00 bits per heavy atom. The number of carbonyl (C=O) groups is 1. The van der Waals surface area contributed by atoms with Crippen molar-refractivity contribution >= 4 is 17.2 Å². The van der Waals surface area contributed by atoms with Crippen LogP contribution in [0.25, 0.3) is 0 Å². The van der Waals surface area contributed by atoms with Gasteiger partial charge in [-0.05, 0) is 31.2 Å². The summed E-state index contributed by atoms with van der Waals surface area (Å²) in [6, 6.07) is 4.58. The molecule has 0 saturated carbocycles. The number of nitrogens with zero attached hydrogens (tertiary/aromatic N) is 1. The quantitative estimate of drug-likeness (QED) is 0.835. The van der Waals surface area contributed by atoms with Crippen molar-refractivity contribution in [3.63, 3.8) is 0 Å². The van der Waals surface area contributed by atoms with Crippen LogP contribution < -0.4 is 5.32 Å². The smallest absolute Gasteiger partial charge is 0.220 e. The maximum atomic E-state index is 11.8. The molecule has 0 radical (unpaired) electrons. The fraction of sp³-hybridized carbons (Fsp3) is 0.667. The molecule has 0 aromatic carbocycles. The number of amides is 1. The minimum Gasteiger partial charge on any atom is -0.379 e. The average Bonchev–Trinajstić information content (AvgIpc) is 2.99. The van der Waals surface area contributed by atoms with E-state index in [4.69, 9.17) is 4.74 Å². The van der Waals surface area contributed by atoms with Crippen LogP contribution in [0.5, 0.6) is 0 Å². The topological polar surface area (TPSA) is 41.6 Å². The molecule has 1 aliphatic rings. The molecule has 1 unspecified atom stereocenters. The largest absolute Gasteiger partial charge is 0.379 e. The lowest BCUT2D eigenvalue weighted by molar-refractivity contribution is -0.121. The standard InChI is InChI=1S/C15H24N2O2S/c1-13(17-7-9-19-10-8-17)12-16-15(18)6-2-4-14-5-3-11-20-14/h3,5,11,13H,2,4,6-10,12H2,1H3,(H,16,18). The van der Waals surface area contributed by atoms with Crippen LogP contribution in [0.2, 0.25) is 0 Å². The number of carbonyl (C=O) groups excluding carboxylic acids is 1. The third kappa shape index (κ3) is 5.23. The Morgan fingerprint density at radius 2 is 2.30 bits per heavy atom. The molecule has 2 heterocycles. The third-order valence-electron chi connectivity index (χ3n) is 3.67. The van der Waals surface area contributed by atoms with Crippen LogP contribution in [0.1, 0.15) is 24.6 Å². The van der Waals surface area contributed by atoms with Gasteiger partial charge in [-0.15, -0.1) is 11.3 Å². The highest BCUT2D eigenvalue weighted by Crippen LogP contribution is 2.11. The van der Waals surface area contributed by atoms with Crippen molar-refractivity contribution in [2.75, 3.05) is 32.8 Å². The van der Waals surface area contributed by atoms with Crippen LogP contribution in [-0.2, 0) is 16.0 Å². The Bertz CT molecular complexity index is 389. The zero-order valence-corrected chi connectivity index (χ0v) is 13.0. The number of nitrogens with one attached hydrogen (secondary N) is 1. The van der Waals surface area contributed by atoms with Crippen LogP contribution in [0.4, 0.5) is 0 Å². The van der Waals surface area contributed by atoms with Crippen LogP contribution in [0.3, 0.4) is 0 Å². The van der Waals surface area contributed by atoms with E-state index in [0.29, 0.717) is 12.5 Å². The van der Waals surface area contributed by atoms with Crippen molar-refractivity contribution in [2.45, 2.75) is 32.2 Å². The zero-order valence-electron chi connectivity index (χ0n) is 12.1. The maximum Gasteiger partial charge on any atom is 0.220 e. The van der Waals surface area contributed by atoms with E-state index >= 15 is 0 Å². The highest BCUT2D eigenvalue weighted by Gasteiger charge is 2.17. The zero-order chi connectivity index (χ0) is 14.2. The first kappa shape index (κ1) is 15.5. The van der Waals surface area contributed by atoms with Gasteiger partial charge in [-0.25, -0.2) is 0 Å². The molecule has 1 aromatic rings. The van der Waals surface area contributed by atoms with E-state index in [0.717, 1.165) is 45.7 Å². The summed E-state index contributed by atoms with van der Waals surface area (Å²) in [5.41, 5.74) is 0. The van der Waals surface area contributed by atoms with Crippen molar-refractivity contribution in [3.8, 4) is 0 Å². The third-order valence-corrected chi connectivity index (χ3v) is 4.61. The molecule has 5 heteroatoms. The molecule has 112 valence electrons. The molecule has 1 aromatic heterocycles. The van der Waals surface area contributed by atoms with Gasteiger partial charge < -0.3 is 10.1 Å². The van der Waals surface area contributed by atoms with Gasteiger partial charge in [-0.2, -0.15) is 0 Å². The minimum absolute atomic E-state index is 0.168. The molecule has 1 atom stereocenters. The van der Waals surface area contributed by atoms with Gasteiger partial charge in [0.1, 0.15) is 0 Å².